The van der Waals surface area contributed by atoms with Crippen LogP contribution < -0.4 is 15.9 Å². The molecular weight excluding hydrogens is 304 g/mol. The Morgan fingerprint density at radius 2 is 1.83 bits per heavy atom. The molecule has 1 aromatic heterocycles. The molecule has 0 bridgehead atoms. The number of anilines is 2. The van der Waals surface area contributed by atoms with Gasteiger partial charge in [-0.3, -0.25) is 0 Å². The fraction of sp³-hybridized carbons (Fsp3) is 0.278. The van der Waals surface area contributed by atoms with Crippen LogP contribution in [0.2, 0.25) is 0 Å². The van der Waals surface area contributed by atoms with Crippen molar-refractivity contribution >= 4 is 22.4 Å². The summed E-state index contributed by atoms with van der Waals surface area (Å²) in [6.45, 7) is 2.83. The van der Waals surface area contributed by atoms with Gasteiger partial charge in [0.05, 0.1) is 17.6 Å². The molecule has 3 aromatic rings. The van der Waals surface area contributed by atoms with E-state index >= 15 is 0 Å². The van der Waals surface area contributed by atoms with Crippen molar-refractivity contribution in [3.8, 4) is 0 Å². The van der Waals surface area contributed by atoms with E-state index < -0.39 is 0 Å². The number of benzene rings is 2. The smallest absolute Gasteiger partial charge is 0.323 e. The number of nitrogens with one attached hydrogen (secondary N) is 3. The van der Waals surface area contributed by atoms with Crippen molar-refractivity contribution in [2.45, 2.75) is 13.0 Å². The Balaban J connectivity index is 1.73. The van der Waals surface area contributed by atoms with E-state index in [-0.39, 0.29) is 18.3 Å². The molecule has 0 radical (unpaired) electrons. The fourth-order valence-corrected chi connectivity index (χ4v) is 2.74. The molecule has 1 heterocycles. The number of likely N-dealkylation sites (N-methyl/N-ethyl adjacent to an activating group) is 1. The summed E-state index contributed by atoms with van der Waals surface area (Å²) in [5.74, 6) is 0. The Labute approximate surface area is 140 Å². The first-order valence-corrected chi connectivity index (χ1v) is 7.97. The summed E-state index contributed by atoms with van der Waals surface area (Å²) in [5.41, 5.74) is 4.61. The zero-order chi connectivity index (χ0) is 17.1. The van der Waals surface area contributed by atoms with Crippen LogP contribution in [-0.2, 0) is 0 Å². The predicted molar refractivity (Wildman–Crippen MR) is 97.8 cm³/mol. The molecule has 1 unspecified atom stereocenters. The second-order valence-electron chi connectivity index (χ2n) is 5.94. The van der Waals surface area contributed by atoms with Gasteiger partial charge in [0.2, 0.25) is 0 Å². The van der Waals surface area contributed by atoms with Crippen LogP contribution in [0.5, 0.6) is 0 Å². The molecule has 0 saturated carbocycles. The first kappa shape index (κ1) is 16.1. The average Bonchev–Trinajstić information content (AvgIpc) is 2.94. The number of imidazole rings is 1. The van der Waals surface area contributed by atoms with Gasteiger partial charge in [-0.1, -0.05) is 6.07 Å². The van der Waals surface area contributed by atoms with Crippen LogP contribution in [0.3, 0.4) is 0 Å². The quantitative estimate of drug-likeness (QED) is 0.561. The van der Waals surface area contributed by atoms with Crippen molar-refractivity contribution in [1.82, 2.24) is 9.97 Å². The van der Waals surface area contributed by atoms with Crippen molar-refractivity contribution in [1.29, 1.82) is 0 Å². The Hall–Kier alpha value is -2.73. The van der Waals surface area contributed by atoms with Crippen LogP contribution in [0.25, 0.3) is 11.0 Å². The number of H-pyrrole nitrogens is 2. The zero-order valence-electron chi connectivity index (χ0n) is 13.8. The number of hydrogen-bond acceptors (Lipinski definition) is 4. The molecule has 0 amide bonds. The van der Waals surface area contributed by atoms with Gasteiger partial charge in [0.25, 0.3) is 0 Å². The van der Waals surface area contributed by atoms with Gasteiger partial charge in [-0.05, 0) is 48.9 Å². The summed E-state index contributed by atoms with van der Waals surface area (Å²) < 4.78 is 0. The number of aromatic amines is 2. The lowest BCUT2D eigenvalue weighted by atomic mass is 10.1. The Morgan fingerprint density at radius 1 is 1.12 bits per heavy atom. The van der Waals surface area contributed by atoms with Crippen LogP contribution in [0.15, 0.2) is 47.3 Å². The van der Waals surface area contributed by atoms with Crippen LogP contribution >= 0.6 is 0 Å². The fourth-order valence-electron chi connectivity index (χ4n) is 2.74. The van der Waals surface area contributed by atoms with E-state index in [4.69, 9.17) is 5.11 Å². The van der Waals surface area contributed by atoms with Gasteiger partial charge in [-0.15, -0.1) is 0 Å². The number of aliphatic hydroxyl groups is 1. The second kappa shape index (κ2) is 6.80. The van der Waals surface area contributed by atoms with E-state index in [0.29, 0.717) is 6.54 Å². The maximum atomic E-state index is 11.3. The zero-order valence-corrected chi connectivity index (χ0v) is 13.8. The van der Waals surface area contributed by atoms with Gasteiger partial charge < -0.3 is 25.3 Å². The Bertz CT molecular complexity index is 867. The molecule has 0 aliphatic heterocycles. The minimum absolute atomic E-state index is 0.105. The van der Waals surface area contributed by atoms with Crippen LogP contribution in [-0.4, -0.2) is 35.3 Å². The van der Waals surface area contributed by atoms with Crippen molar-refractivity contribution in [2.24, 2.45) is 0 Å². The molecule has 126 valence electrons. The van der Waals surface area contributed by atoms with Crippen LogP contribution in [0.1, 0.15) is 18.5 Å². The van der Waals surface area contributed by atoms with Gasteiger partial charge in [-0.2, -0.15) is 0 Å². The number of rotatable bonds is 6. The molecule has 24 heavy (non-hydrogen) atoms. The highest BCUT2D eigenvalue weighted by Crippen LogP contribution is 2.23. The maximum absolute atomic E-state index is 11.3. The van der Waals surface area contributed by atoms with E-state index in [1.807, 2.05) is 54.4 Å². The van der Waals surface area contributed by atoms with Gasteiger partial charge in [0.1, 0.15) is 0 Å². The first-order valence-electron chi connectivity index (χ1n) is 7.97. The topological polar surface area (TPSA) is 84.2 Å². The summed E-state index contributed by atoms with van der Waals surface area (Å²) >= 11 is 0. The Morgan fingerprint density at radius 3 is 2.54 bits per heavy atom. The number of hydrogen-bond donors (Lipinski definition) is 4. The first-order chi connectivity index (χ1) is 11.6. The molecule has 0 aliphatic rings. The van der Waals surface area contributed by atoms with Crippen molar-refractivity contribution in [3.05, 3.63) is 58.5 Å². The minimum Gasteiger partial charge on any atom is -0.395 e. The number of aliphatic hydroxyl groups excluding tert-OH is 1. The van der Waals surface area contributed by atoms with E-state index in [1.165, 1.54) is 0 Å². The lowest BCUT2D eigenvalue weighted by molar-refractivity contribution is 0.304. The van der Waals surface area contributed by atoms with E-state index in [2.05, 4.69) is 22.2 Å². The van der Waals surface area contributed by atoms with Crippen molar-refractivity contribution in [2.75, 3.05) is 30.4 Å². The van der Waals surface area contributed by atoms with Gasteiger partial charge in [-0.25, -0.2) is 4.79 Å². The highest BCUT2D eigenvalue weighted by Gasteiger charge is 2.08. The lowest BCUT2D eigenvalue weighted by Gasteiger charge is -2.20. The van der Waals surface area contributed by atoms with E-state index in [0.717, 1.165) is 28.0 Å². The maximum Gasteiger partial charge on any atom is 0.323 e. The molecule has 4 N–H and O–H groups in total. The lowest BCUT2D eigenvalue weighted by Crippen LogP contribution is -2.20. The molecule has 6 heteroatoms. The molecular formula is C18H22N4O2. The predicted octanol–water partition coefficient (Wildman–Crippen LogP) is 2.46. The molecule has 1 atom stereocenters. The minimum atomic E-state index is -0.189. The second-order valence-corrected chi connectivity index (χ2v) is 5.94. The highest BCUT2D eigenvalue weighted by atomic mass is 16.3. The van der Waals surface area contributed by atoms with Gasteiger partial charge >= 0.3 is 5.69 Å². The van der Waals surface area contributed by atoms with Crippen LogP contribution in [0.4, 0.5) is 11.4 Å². The Kier molecular flexibility index (Phi) is 4.57. The largest absolute Gasteiger partial charge is 0.395 e. The van der Waals surface area contributed by atoms with E-state index in [9.17, 15) is 4.79 Å². The SMILES string of the molecule is CC(Nc1ccc(N(C)CCO)cc1)c1ccc2[nH]c(=O)[nH]c2c1. The molecule has 0 aliphatic carbocycles. The number of aromatic nitrogens is 2. The van der Waals surface area contributed by atoms with E-state index in [1.54, 1.807) is 0 Å². The third-order valence-corrected chi connectivity index (χ3v) is 4.17. The van der Waals surface area contributed by atoms with Crippen molar-refractivity contribution in [3.63, 3.8) is 0 Å². The number of nitrogens with zero attached hydrogens (tertiary/aromatic N) is 1. The standard InChI is InChI=1S/C18H22N4O2/c1-12(13-3-8-16-17(11-13)21-18(24)20-16)19-14-4-6-15(7-5-14)22(2)9-10-23/h3-8,11-12,19,23H,9-10H2,1-2H3,(H2,20,21,24). The third-order valence-electron chi connectivity index (χ3n) is 4.17. The summed E-state index contributed by atoms with van der Waals surface area (Å²) in [6, 6.07) is 14.1. The molecule has 2 aromatic carbocycles. The van der Waals surface area contributed by atoms with Gasteiger partial charge in [0, 0.05) is 31.0 Å². The monoisotopic (exact) mass is 326 g/mol. The average molecular weight is 326 g/mol. The third kappa shape index (κ3) is 3.44. The summed E-state index contributed by atoms with van der Waals surface area (Å²) in [5, 5.41) is 12.5. The molecule has 0 saturated heterocycles. The molecule has 6 nitrogen and oxygen atoms in total. The van der Waals surface area contributed by atoms with Crippen LogP contribution in [0, 0.1) is 0 Å². The van der Waals surface area contributed by atoms with Gasteiger partial charge in [0.15, 0.2) is 0 Å². The van der Waals surface area contributed by atoms with Crippen molar-refractivity contribution < 1.29 is 5.11 Å². The summed E-state index contributed by atoms with van der Waals surface area (Å²) in [7, 11) is 1.95. The molecule has 0 fully saturated rings. The molecule has 0 spiro atoms. The highest BCUT2D eigenvalue weighted by molar-refractivity contribution is 5.75. The summed E-state index contributed by atoms with van der Waals surface area (Å²) in [4.78, 5) is 18.9. The number of fused-ring (bicyclic) bond motifs is 1. The molecule has 3 rings (SSSR count). The summed E-state index contributed by atoms with van der Waals surface area (Å²) in [6.07, 6.45) is 0. The normalized spacial score (nSPS) is 12.3.